The molecular weight excluding hydrogens is 298 g/mol. The molecule has 2 saturated carbocycles. The molecule has 23 heavy (non-hydrogen) atoms. The van der Waals surface area contributed by atoms with E-state index >= 15 is 0 Å². The van der Waals surface area contributed by atoms with Gasteiger partial charge < -0.3 is 21.1 Å². The summed E-state index contributed by atoms with van der Waals surface area (Å²) in [6.45, 7) is 0.851. The molecule has 4 N–H and O–H groups in total. The Kier molecular flexibility index (Phi) is 4.21. The normalized spacial score (nSPS) is 36.5. The van der Waals surface area contributed by atoms with Crippen molar-refractivity contribution < 1.29 is 19.5 Å². The number of carboxylic acids is 1. The number of amides is 3. The zero-order valence-corrected chi connectivity index (χ0v) is 13.3. The van der Waals surface area contributed by atoms with Gasteiger partial charge in [0.1, 0.15) is 0 Å². The van der Waals surface area contributed by atoms with E-state index in [9.17, 15) is 19.5 Å². The Bertz CT molecular complexity index is 515. The molecule has 128 valence electrons. The maximum Gasteiger partial charge on any atom is 0.317 e. The Balaban J connectivity index is 1.54. The van der Waals surface area contributed by atoms with Crippen LogP contribution in [0.25, 0.3) is 0 Å². The lowest BCUT2D eigenvalue weighted by molar-refractivity contribution is -0.149. The van der Waals surface area contributed by atoms with E-state index in [1.54, 1.807) is 4.90 Å². The smallest absolute Gasteiger partial charge is 0.317 e. The predicted octanol–water partition coefficient (Wildman–Crippen LogP) is 0.927. The van der Waals surface area contributed by atoms with Crippen LogP contribution in [0.1, 0.15) is 44.9 Å². The molecule has 7 heteroatoms. The number of hydrogen-bond donors (Lipinski definition) is 3. The van der Waals surface area contributed by atoms with Gasteiger partial charge in [0.05, 0.1) is 5.41 Å². The van der Waals surface area contributed by atoms with Gasteiger partial charge in [-0.05, 0) is 44.4 Å². The van der Waals surface area contributed by atoms with Crippen molar-refractivity contribution in [2.45, 2.75) is 51.0 Å². The fourth-order valence-corrected chi connectivity index (χ4v) is 4.58. The summed E-state index contributed by atoms with van der Waals surface area (Å²) >= 11 is 0. The fraction of sp³-hybridized carbons (Fsp3) is 0.812. The van der Waals surface area contributed by atoms with Crippen molar-refractivity contribution in [3.8, 4) is 0 Å². The third-order valence-electron chi connectivity index (χ3n) is 6.04. The molecule has 3 rings (SSSR count). The molecular formula is C16H25N3O4. The van der Waals surface area contributed by atoms with Crippen molar-refractivity contribution in [3.05, 3.63) is 0 Å². The third-order valence-corrected chi connectivity index (χ3v) is 6.04. The Morgan fingerprint density at radius 3 is 2.39 bits per heavy atom. The third kappa shape index (κ3) is 2.88. The summed E-state index contributed by atoms with van der Waals surface area (Å²) in [5.74, 6) is -1.02. The Labute approximate surface area is 135 Å². The molecule has 2 aliphatic carbocycles. The number of carbonyl (C=O) groups excluding carboxylic acids is 2. The summed E-state index contributed by atoms with van der Waals surface area (Å²) in [4.78, 5) is 37.0. The predicted molar refractivity (Wildman–Crippen MR) is 82.5 cm³/mol. The average molecular weight is 323 g/mol. The van der Waals surface area contributed by atoms with Crippen LogP contribution in [0, 0.1) is 17.3 Å². The van der Waals surface area contributed by atoms with Crippen LogP contribution in [0.15, 0.2) is 0 Å². The molecule has 3 amide bonds. The lowest BCUT2D eigenvalue weighted by Crippen LogP contribution is -2.47. The minimum atomic E-state index is -0.766. The first-order chi connectivity index (χ1) is 10.9. The highest BCUT2D eigenvalue weighted by Crippen LogP contribution is 2.48. The van der Waals surface area contributed by atoms with E-state index < -0.39 is 11.4 Å². The van der Waals surface area contributed by atoms with Crippen molar-refractivity contribution in [2.75, 3.05) is 13.1 Å². The van der Waals surface area contributed by atoms with Gasteiger partial charge in [-0.2, -0.15) is 0 Å². The summed E-state index contributed by atoms with van der Waals surface area (Å²) in [5.41, 5.74) is 4.58. The Morgan fingerprint density at radius 2 is 1.83 bits per heavy atom. The second kappa shape index (κ2) is 6.02. The standard InChI is InChI=1S/C16H25N3O4/c17-13(20)10-3-5-12(6-4-10)18-15(23)19-8-11-2-1-7-16(11,9-19)14(21)22/h10-12H,1-9H2,(H2,17,20)(H,18,23)(H,21,22)/t10?,11-,12?,16+/m0/s1. The lowest BCUT2D eigenvalue weighted by atomic mass is 9.81. The van der Waals surface area contributed by atoms with E-state index in [0.717, 1.165) is 25.7 Å². The molecule has 0 bridgehead atoms. The van der Waals surface area contributed by atoms with Crippen LogP contribution < -0.4 is 11.1 Å². The second-order valence-electron chi connectivity index (χ2n) is 7.33. The molecule has 0 unspecified atom stereocenters. The van der Waals surface area contributed by atoms with Gasteiger partial charge in [0.15, 0.2) is 0 Å². The monoisotopic (exact) mass is 323 g/mol. The van der Waals surface area contributed by atoms with Crippen molar-refractivity contribution in [1.29, 1.82) is 0 Å². The minimum Gasteiger partial charge on any atom is -0.481 e. The number of nitrogens with two attached hydrogens (primary N) is 1. The molecule has 0 aromatic heterocycles. The summed E-state index contributed by atoms with van der Waals surface area (Å²) in [6.07, 6.45) is 5.41. The highest BCUT2D eigenvalue weighted by molar-refractivity contribution is 5.81. The first-order valence-corrected chi connectivity index (χ1v) is 8.50. The van der Waals surface area contributed by atoms with Crippen LogP contribution in [0.5, 0.6) is 0 Å². The molecule has 7 nitrogen and oxygen atoms in total. The first kappa shape index (κ1) is 16.1. The second-order valence-corrected chi connectivity index (χ2v) is 7.33. The van der Waals surface area contributed by atoms with Gasteiger partial charge in [-0.3, -0.25) is 9.59 Å². The SMILES string of the molecule is NC(=O)C1CCC(NC(=O)N2C[C@@H]3CCC[C@@]3(C(=O)O)C2)CC1. The number of carboxylic acid groups (broad SMARTS) is 1. The lowest BCUT2D eigenvalue weighted by Gasteiger charge is -2.29. The van der Waals surface area contributed by atoms with Crippen LogP contribution in [0.2, 0.25) is 0 Å². The Morgan fingerprint density at radius 1 is 1.13 bits per heavy atom. The van der Waals surface area contributed by atoms with Crippen LogP contribution in [0.4, 0.5) is 4.79 Å². The molecule has 1 aliphatic heterocycles. The molecule has 0 aromatic rings. The number of carbonyl (C=O) groups is 3. The summed E-state index contributed by atoms with van der Waals surface area (Å²) in [6, 6.07) is -0.109. The zero-order valence-electron chi connectivity index (χ0n) is 13.3. The largest absolute Gasteiger partial charge is 0.481 e. The van der Waals surface area contributed by atoms with Gasteiger partial charge in [0, 0.05) is 25.0 Å². The molecule has 0 radical (unpaired) electrons. The fourth-order valence-electron chi connectivity index (χ4n) is 4.58. The van der Waals surface area contributed by atoms with Gasteiger partial charge >= 0.3 is 12.0 Å². The number of nitrogens with zero attached hydrogens (tertiary/aromatic N) is 1. The number of urea groups is 1. The molecule has 3 aliphatic rings. The number of nitrogens with one attached hydrogen (secondary N) is 1. The molecule has 1 heterocycles. The molecule has 1 saturated heterocycles. The highest BCUT2D eigenvalue weighted by atomic mass is 16.4. The maximum absolute atomic E-state index is 12.5. The van der Waals surface area contributed by atoms with Crippen LogP contribution >= 0.6 is 0 Å². The minimum absolute atomic E-state index is 0.0549. The summed E-state index contributed by atoms with van der Waals surface area (Å²) in [7, 11) is 0. The zero-order chi connectivity index (χ0) is 16.6. The maximum atomic E-state index is 12.5. The van der Waals surface area contributed by atoms with Crippen molar-refractivity contribution in [3.63, 3.8) is 0 Å². The van der Waals surface area contributed by atoms with Crippen LogP contribution in [-0.4, -0.2) is 47.0 Å². The quantitative estimate of drug-likeness (QED) is 0.717. The van der Waals surface area contributed by atoms with Gasteiger partial charge in [-0.15, -0.1) is 0 Å². The molecule has 3 fully saturated rings. The topological polar surface area (TPSA) is 113 Å². The highest BCUT2D eigenvalue weighted by Gasteiger charge is 2.55. The van der Waals surface area contributed by atoms with E-state index in [-0.39, 0.29) is 29.8 Å². The van der Waals surface area contributed by atoms with Crippen molar-refractivity contribution in [1.82, 2.24) is 10.2 Å². The van der Waals surface area contributed by atoms with Crippen LogP contribution in [-0.2, 0) is 9.59 Å². The molecule has 0 aromatic carbocycles. The Hall–Kier alpha value is -1.79. The van der Waals surface area contributed by atoms with Crippen LogP contribution in [0.3, 0.4) is 0 Å². The van der Waals surface area contributed by atoms with E-state index in [0.29, 0.717) is 32.4 Å². The average Bonchev–Trinajstić information content (AvgIpc) is 3.05. The number of likely N-dealkylation sites (tertiary alicyclic amines) is 1. The molecule has 2 atom stereocenters. The number of fused-ring (bicyclic) bond motifs is 1. The number of hydrogen-bond acceptors (Lipinski definition) is 3. The van der Waals surface area contributed by atoms with Gasteiger partial charge in [0.25, 0.3) is 0 Å². The van der Waals surface area contributed by atoms with E-state index in [1.165, 1.54) is 0 Å². The summed E-state index contributed by atoms with van der Waals surface area (Å²) in [5, 5.41) is 12.6. The van der Waals surface area contributed by atoms with E-state index in [4.69, 9.17) is 5.73 Å². The first-order valence-electron chi connectivity index (χ1n) is 8.50. The van der Waals surface area contributed by atoms with Gasteiger partial charge in [-0.1, -0.05) is 6.42 Å². The number of aliphatic carboxylic acids is 1. The van der Waals surface area contributed by atoms with E-state index in [2.05, 4.69) is 5.32 Å². The van der Waals surface area contributed by atoms with Crippen molar-refractivity contribution >= 4 is 17.9 Å². The summed E-state index contributed by atoms with van der Waals surface area (Å²) < 4.78 is 0. The number of rotatable bonds is 3. The van der Waals surface area contributed by atoms with Gasteiger partial charge in [-0.25, -0.2) is 4.79 Å². The van der Waals surface area contributed by atoms with E-state index in [1.807, 2.05) is 0 Å². The van der Waals surface area contributed by atoms with Crippen molar-refractivity contribution in [2.24, 2.45) is 23.0 Å². The molecule has 0 spiro atoms. The number of primary amides is 1. The van der Waals surface area contributed by atoms with Gasteiger partial charge in [0.2, 0.25) is 5.91 Å².